The fourth-order valence-electron chi connectivity index (χ4n) is 2.54. The second-order valence-corrected chi connectivity index (χ2v) is 7.53. The molecular formula is C13H21N3O7S. The highest BCUT2D eigenvalue weighted by atomic mass is 32.2. The third-order valence-electron chi connectivity index (χ3n) is 3.68. The van der Waals surface area contributed by atoms with Crippen LogP contribution in [0.1, 0.15) is 31.6 Å². The summed E-state index contributed by atoms with van der Waals surface area (Å²) < 4.78 is 33.9. The molecule has 2 heterocycles. The third kappa shape index (κ3) is 3.75. The van der Waals surface area contributed by atoms with Crippen molar-refractivity contribution in [3.05, 3.63) is 22.2 Å². The van der Waals surface area contributed by atoms with E-state index in [-0.39, 0.29) is 11.7 Å². The van der Waals surface area contributed by atoms with Gasteiger partial charge in [0.1, 0.15) is 24.1 Å². The van der Waals surface area contributed by atoms with Crippen molar-refractivity contribution in [3.8, 4) is 0 Å². The summed E-state index contributed by atoms with van der Waals surface area (Å²) in [6.07, 6.45) is -3.00. The van der Waals surface area contributed by atoms with E-state index >= 15 is 0 Å². The maximum atomic E-state index is 12.1. The summed E-state index contributed by atoms with van der Waals surface area (Å²) in [6, 6.07) is 0. The Morgan fingerprint density at radius 3 is 2.62 bits per heavy atom. The van der Waals surface area contributed by atoms with Crippen molar-refractivity contribution in [2.24, 2.45) is 0 Å². The molecule has 10 nitrogen and oxygen atoms in total. The van der Waals surface area contributed by atoms with Crippen molar-refractivity contribution in [3.63, 3.8) is 0 Å². The van der Waals surface area contributed by atoms with Gasteiger partial charge in [-0.25, -0.2) is 4.79 Å². The van der Waals surface area contributed by atoms with Crippen LogP contribution >= 0.6 is 0 Å². The molecular weight excluding hydrogens is 342 g/mol. The zero-order chi connectivity index (χ0) is 18.2. The summed E-state index contributed by atoms with van der Waals surface area (Å²) in [4.78, 5) is 15.8. The van der Waals surface area contributed by atoms with E-state index in [1.54, 1.807) is 0 Å². The third-order valence-corrected chi connectivity index (χ3v) is 4.25. The Kier molecular flexibility index (Phi) is 5.30. The Labute approximate surface area is 139 Å². The Balaban J connectivity index is 2.43. The highest BCUT2D eigenvalue weighted by Crippen LogP contribution is 2.32. The van der Waals surface area contributed by atoms with Crippen molar-refractivity contribution >= 4 is 15.9 Å². The molecule has 4 atom stereocenters. The predicted octanol–water partition coefficient (Wildman–Crippen LogP) is -1.46. The first kappa shape index (κ1) is 18.8. The van der Waals surface area contributed by atoms with Gasteiger partial charge < -0.3 is 20.7 Å². The highest BCUT2D eigenvalue weighted by Gasteiger charge is 2.47. The van der Waals surface area contributed by atoms with Crippen molar-refractivity contribution in [2.45, 2.75) is 44.3 Å². The topological polar surface area (TPSA) is 154 Å². The van der Waals surface area contributed by atoms with Crippen LogP contribution in [-0.2, 0) is 19.0 Å². The van der Waals surface area contributed by atoms with E-state index in [4.69, 9.17) is 14.7 Å². The van der Waals surface area contributed by atoms with Gasteiger partial charge in [-0.1, -0.05) is 13.8 Å². The Morgan fingerprint density at radius 1 is 1.50 bits per heavy atom. The zero-order valence-electron chi connectivity index (χ0n) is 13.5. The molecule has 1 saturated heterocycles. The van der Waals surface area contributed by atoms with Crippen LogP contribution in [0.3, 0.4) is 0 Å². The van der Waals surface area contributed by atoms with Gasteiger partial charge in [0.2, 0.25) is 0 Å². The van der Waals surface area contributed by atoms with Gasteiger partial charge in [-0.2, -0.15) is 13.4 Å². The summed E-state index contributed by atoms with van der Waals surface area (Å²) >= 11 is 0. The first-order chi connectivity index (χ1) is 11.0. The quantitative estimate of drug-likeness (QED) is 0.533. The van der Waals surface area contributed by atoms with Crippen molar-refractivity contribution in [2.75, 3.05) is 18.6 Å². The molecule has 4 N–H and O–H groups in total. The maximum absolute atomic E-state index is 12.1. The van der Waals surface area contributed by atoms with Crippen molar-refractivity contribution in [1.82, 2.24) is 9.55 Å². The van der Waals surface area contributed by atoms with Crippen molar-refractivity contribution in [1.29, 1.82) is 0 Å². The average molecular weight is 363 g/mol. The molecule has 136 valence electrons. The van der Waals surface area contributed by atoms with E-state index in [0.29, 0.717) is 5.56 Å². The lowest BCUT2D eigenvalue weighted by molar-refractivity contribution is -0.0543. The molecule has 1 aromatic rings. The van der Waals surface area contributed by atoms with Gasteiger partial charge >= 0.3 is 5.69 Å². The minimum Gasteiger partial charge on any atom is -0.394 e. The van der Waals surface area contributed by atoms with Gasteiger partial charge in [-0.3, -0.25) is 8.75 Å². The number of aliphatic hydroxyl groups is 2. The minimum atomic E-state index is -3.90. The van der Waals surface area contributed by atoms with E-state index in [1.807, 2.05) is 13.8 Å². The molecule has 11 heteroatoms. The first-order valence-corrected chi connectivity index (χ1v) is 9.08. The first-order valence-electron chi connectivity index (χ1n) is 7.26. The molecule has 1 aromatic heterocycles. The van der Waals surface area contributed by atoms with Gasteiger partial charge in [0, 0.05) is 11.8 Å². The van der Waals surface area contributed by atoms with E-state index in [9.17, 15) is 23.4 Å². The van der Waals surface area contributed by atoms with Crippen LogP contribution in [0.5, 0.6) is 0 Å². The van der Waals surface area contributed by atoms with E-state index in [1.165, 1.54) is 6.20 Å². The number of nitrogen functional groups attached to an aromatic ring is 1. The molecule has 2 rings (SSSR count). The normalized spacial score (nSPS) is 27.8. The molecule has 1 fully saturated rings. The number of anilines is 1. The largest absolute Gasteiger partial charge is 0.394 e. The van der Waals surface area contributed by atoms with Crippen LogP contribution in [0.2, 0.25) is 0 Å². The molecule has 0 spiro atoms. The van der Waals surface area contributed by atoms with Crippen LogP contribution in [0.15, 0.2) is 11.0 Å². The molecule has 0 bridgehead atoms. The predicted molar refractivity (Wildman–Crippen MR) is 83.7 cm³/mol. The summed E-state index contributed by atoms with van der Waals surface area (Å²) in [7, 11) is -3.90. The Hall–Kier alpha value is -1.53. The fourth-order valence-corrected chi connectivity index (χ4v) is 3.18. The highest BCUT2D eigenvalue weighted by molar-refractivity contribution is 7.86. The lowest BCUT2D eigenvalue weighted by Crippen LogP contribution is -2.39. The van der Waals surface area contributed by atoms with Crippen LogP contribution in [0.25, 0.3) is 0 Å². The van der Waals surface area contributed by atoms with E-state index in [2.05, 4.69) is 4.98 Å². The number of rotatable bonds is 5. The molecule has 0 saturated carbocycles. The van der Waals surface area contributed by atoms with Crippen LogP contribution in [-0.4, -0.2) is 59.4 Å². The molecule has 0 aromatic carbocycles. The van der Waals surface area contributed by atoms with Gasteiger partial charge in [0.15, 0.2) is 6.23 Å². The SMILES string of the molecule is CC(C)c1cn([C@@H]2O[C@H](CO)[C@H](OS(C)(=O)=O)[C@H]2O)c(=O)nc1N. The summed E-state index contributed by atoms with van der Waals surface area (Å²) in [5.74, 6) is 0.0287. The van der Waals surface area contributed by atoms with Crippen LogP contribution in [0.4, 0.5) is 5.82 Å². The maximum Gasteiger partial charge on any atom is 0.351 e. The summed E-state index contributed by atoms with van der Waals surface area (Å²) in [5, 5.41) is 19.7. The fraction of sp³-hybridized carbons (Fsp3) is 0.692. The zero-order valence-corrected chi connectivity index (χ0v) is 14.3. The average Bonchev–Trinajstić information content (AvgIpc) is 2.74. The van der Waals surface area contributed by atoms with E-state index < -0.39 is 47.0 Å². The van der Waals surface area contributed by atoms with Gasteiger partial charge in [0.25, 0.3) is 10.1 Å². The lowest BCUT2D eigenvalue weighted by Gasteiger charge is -2.20. The molecule has 0 aliphatic carbocycles. The Morgan fingerprint density at radius 2 is 2.12 bits per heavy atom. The van der Waals surface area contributed by atoms with Gasteiger partial charge in [-0.05, 0) is 5.92 Å². The second-order valence-electron chi connectivity index (χ2n) is 5.93. The van der Waals surface area contributed by atoms with Gasteiger partial charge in [-0.15, -0.1) is 0 Å². The van der Waals surface area contributed by atoms with Crippen LogP contribution in [0, 0.1) is 0 Å². The monoisotopic (exact) mass is 363 g/mol. The number of hydrogen-bond donors (Lipinski definition) is 3. The number of hydrogen-bond acceptors (Lipinski definition) is 9. The second kappa shape index (κ2) is 6.76. The molecule has 24 heavy (non-hydrogen) atoms. The molecule has 0 unspecified atom stereocenters. The summed E-state index contributed by atoms with van der Waals surface area (Å²) in [6.45, 7) is 3.10. The molecule has 1 aliphatic heterocycles. The number of aliphatic hydroxyl groups excluding tert-OH is 2. The summed E-state index contributed by atoms with van der Waals surface area (Å²) in [5.41, 5.74) is 5.52. The van der Waals surface area contributed by atoms with Gasteiger partial charge in [0.05, 0.1) is 12.9 Å². The number of aromatic nitrogens is 2. The lowest BCUT2D eigenvalue weighted by atomic mass is 10.1. The Bertz CT molecular complexity index is 761. The molecule has 1 aliphatic rings. The molecule has 0 amide bonds. The smallest absolute Gasteiger partial charge is 0.351 e. The van der Waals surface area contributed by atoms with E-state index in [0.717, 1.165) is 10.8 Å². The van der Waals surface area contributed by atoms with Crippen LogP contribution < -0.4 is 11.4 Å². The standard InChI is InChI=1S/C13H21N3O7S/c1-6(2)7-4-16(13(19)15-11(7)14)12-9(18)10(8(5-17)22-12)23-24(3,20)21/h4,6,8-10,12,17-18H,5H2,1-3H3,(H2,14,15,19)/t8-,9-,10+,12-/m1/s1. The minimum absolute atomic E-state index is 0.0420. The number of nitrogens with two attached hydrogens (primary N) is 1. The number of nitrogens with zero attached hydrogens (tertiary/aromatic N) is 2. The molecule has 0 radical (unpaired) electrons. The number of ether oxygens (including phenoxy) is 1. The van der Waals surface area contributed by atoms with Crippen molar-refractivity contribution < 1.29 is 27.6 Å².